The first-order valence-electron chi connectivity index (χ1n) is 8.15. The normalized spacial score (nSPS) is 33.4. The van der Waals surface area contributed by atoms with Gasteiger partial charge in [0.2, 0.25) is 12.6 Å². The lowest BCUT2D eigenvalue weighted by atomic mass is 9.94. The molecule has 2 aliphatic rings. The Morgan fingerprint density at radius 2 is 0.923 bits per heavy atom. The molecule has 10 nitrogen and oxygen atoms in total. The number of rotatable bonds is 4. The summed E-state index contributed by atoms with van der Waals surface area (Å²) < 4.78 is 31.8. The summed E-state index contributed by atoms with van der Waals surface area (Å²) >= 11 is 0. The third kappa shape index (κ3) is 5.40. The molecule has 0 radical (unpaired) electrons. The lowest BCUT2D eigenvalue weighted by Gasteiger charge is -2.45. The zero-order valence-corrected chi connectivity index (χ0v) is 15.0. The van der Waals surface area contributed by atoms with Gasteiger partial charge in [0.1, 0.15) is 0 Å². The molecule has 0 spiro atoms. The summed E-state index contributed by atoms with van der Waals surface area (Å²) in [7, 11) is 0. The molecule has 2 fully saturated rings. The quantitative estimate of drug-likeness (QED) is 0.498. The van der Waals surface area contributed by atoms with Gasteiger partial charge in [-0.3, -0.25) is 19.2 Å². The van der Waals surface area contributed by atoms with Crippen LogP contribution in [0.2, 0.25) is 0 Å². The summed E-state index contributed by atoms with van der Waals surface area (Å²) in [6.45, 7) is 4.85. The third-order valence-electron chi connectivity index (χ3n) is 3.77. The number of fused-ring (bicyclic) bond motifs is 1. The van der Waals surface area contributed by atoms with Gasteiger partial charge in [0.15, 0.2) is 12.2 Å². The fourth-order valence-corrected chi connectivity index (χ4v) is 2.96. The lowest BCUT2D eigenvalue weighted by Crippen LogP contribution is -2.58. The molecule has 26 heavy (non-hydrogen) atoms. The molecule has 0 aromatic rings. The summed E-state index contributed by atoms with van der Waals surface area (Å²) in [4.78, 5) is 45.2. The van der Waals surface area contributed by atoms with E-state index in [1.54, 1.807) is 0 Å². The van der Waals surface area contributed by atoms with E-state index in [0.717, 1.165) is 0 Å². The number of ether oxygens (including phenoxy) is 6. The van der Waals surface area contributed by atoms with Gasteiger partial charge in [0, 0.05) is 40.5 Å². The average molecular weight is 374 g/mol. The minimum atomic E-state index is -1.11. The van der Waals surface area contributed by atoms with Gasteiger partial charge in [-0.2, -0.15) is 0 Å². The van der Waals surface area contributed by atoms with Crippen LogP contribution < -0.4 is 0 Å². The summed E-state index contributed by atoms with van der Waals surface area (Å²) in [5.74, 6) is -2.34. The molecular weight excluding hydrogens is 352 g/mol. The lowest BCUT2D eigenvalue weighted by molar-refractivity contribution is -0.322. The third-order valence-corrected chi connectivity index (χ3v) is 3.77. The number of carbonyl (C=O) groups is 4. The first-order valence-corrected chi connectivity index (χ1v) is 8.15. The molecule has 0 aromatic carbocycles. The Balaban J connectivity index is 2.15. The Morgan fingerprint density at radius 3 is 1.19 bits per heavy atom. The Labute approximate surface area is 150 Å². The standard InChI is InChI=1S/C16H22O10/c1-7(17)21-13-5-11-12(25-15(13)23-9(3)19)6-14(22-8(2)18)16(26-11)24-10(4)20/h11-16H,5-6H2,1-4H3/t11-,12-,13-,14-,15-,16-/m1/s1. The van der Waals surface area contributed by atoms with Crippen molar-refractivity contribution in [1.82, 2.24) is 0 Å². The van der Waals surface area contributed by atoms with Crippen molar-refractivity contribution in [1.29, 1.82) is 0 Å². The van der Waals surface area contributed by atoms with Crippen LogP contribution in [0.5, 0.6) is 0 Å². The van der Waals surface area contributed by atoms with Gasteiger partial charge in [0.05, 0.1) is 12.2 Å². The number of hydrogen-bond acceptors (Lipinski definition) is 10. The molecule has 0 aromatic heterocycles. The number of esters is 4. The highest BCUT2D eigenvalue weighted by Gasteiger charge is 2.49. The second-order valence-corrected chi connectivity index (χ2v) is 6.07. The van der Waals surface area contributed by atoms with Crippen molar-refractivity contribution < 1.29 is 47.6 Å². The van der Waals surface area contributed by atoms with E-state index in [0.29, 0.717) is 0 Å². The van der Waals surface area contributed by atoms with E-state index in [4.69, 9.17) is 28.4 Å². The summed E-state index contributed by atoms with van der Waals surface area (Å²) in [6, 6.07) is 0. The van der Waals surface area contributed by atoms with Crippen LogP contribution in [0.15, 0.2) is 0 Å². The van der Waals surface area contributed by atoms with Gasteiger partial charge < -0.3 is 28.4 Å². The Morgan fingerprint density at radius 1 is 0.615 bits per heavy atom. The average Bonchev–Trinajstić information content (AvgIpc) is 2.47. The topological polar surface area (TPSA) is 124 Å². The SMILES string of the molecule is CC(=O)O[C@@H]1O[C@@H]2C[C@@H](OC(C)=O)[C@H](OC(C)=O)O[C@@H]2C[C@H]1OC(C)=O. The van der Waals surface area contributed by atoms with E-state index >= 15 is 0 Å². The predicted molar refractivity (Wildman–Crippen MR) is 81.2 cm³/mol. The highest BCUT2D eigenvalue weighted by atomic mass is 16.8. The Hall–Kier alpha value is -2.20. The summed E-state index contributed by atoms with van der Waals surface area (Å²) in [5.41, 5.74) is 0. The zero-order valence-electron chi connectivity index (χ0n) is 15.0. The smallest absolute Gasteiger partial charge is 0.305 e. The molecule has 2 saturated heterocycles. The Kier molecular flexibility index (Phi) is 6.54. The van der Waals surface area contributed by atoms with Crippen molar-refractivity contribution in [3.63, 3.8) is 0 Å². The minimum Gasteiger partial charge on any atom is -0.456 e. The largest absolute Gasteiger partial charge is 0.456 e. The van der Waals surface area contributed by atoms with Crippen LogP contribution in [0.25, 0.3) is 0 Å². The van der Waals surface area contributed by atoms with Crippen LogP contribution in [0.4, 0.5) is 0 Å². The van der Waals surface area contributed by atoms with Gasteiger partial charge in [-0.1, -0.05) is 0 Å². The highest BCUT2D eigenvalue weighted by Crippen LogP contribution is 2.35. The molecule has 146 valence electrons. The molecule has 2 aliphatic heterocycles. The van der Waals surface area contributed by atoms with Crippen LogP contribution in [0, 0.1) is 0 Å². The fourth-order valence-electron chi connectivity index (χ4n) is 2.96. The monoisotopic (exact) mass is 374 g/mol. The molecule has 2 heterocycles. The molecule has 0 unspecified atom stereocenters. The molecule has 0 amide bonds. The predicted octanol–water partition coefficient (Wildman–Crippen LogP) is 0.206. The van der Waals surface area contributed by atoms with Crippen molar-refractivity contribution in [3.8, 4) is 0 Å². The van der Waals surface area contributed by atoms with Crippen LogP contribution in [0.1, 0.15) is 40.5 Å². The maximum atomic E-state index is 11.3. The molecule has 10 heteroatoms. The highest BCUT2D eigenvalue weighted by molar-refractivity contribution is 5.68. The van der Waals surface area contributed by atoms with Gasteiger partial charge in [0.25, 0.3) is 0 Å². The fraction of sp³-hybridized carbons (Fsp3) is 0.750. The second-order valence-electron chi connectivity index (χ2n) is 6.07. The van der Waals surface area contributed by atoms with Crippen LogP contribution in [-0.2, 0) is 47.6 Å². The van der Waals surface area contributed by atoms with Crippen molar-refractivity contribution in [2.24, 2.45) is 0 Å². The number of carbonyl (C=O) groups excluding carboxylic acids is 4. The molecule has 2 rings (SSSR count). The first-order chi connectivity index (χ1) is 12.2. The summed E-state index contributed by atoms with van der Waals surface area (Å²) in [6.07, 6.45) is -4.86. The molecule has 0 aliphatic carbocycles. The van der Waals surface area contributed by atoms with E-state index in [1.807, 2.05) is 0 Å². The molecule has 0 saturated carbocycles. The molecule has 6 atom stereocenters. The van der Waals surface area contributed by atoms with Crippen molar-refractivity contribution in [2.45, 2.75) is 77.5 Å². The first kappa shape index (κ1) is 20.1. The molecular formula is C16H22O10. The van der Waals surface area contributed by atoms with E-state index in [1.165, 1.54) is 27.7 Å². The summed E-state index contributed by atoms with van der Waals surface area (Å²) in [5, 5.41) is 0. The van der Waals surface area contributed by atoms with Gasteiger partial charge in [-0.05, 0) is 0 Å². The van der Waals surface area contributed by atoms with Crippen molar-refractivity contribution >= 4 is 23.9 Å². The van der Waals surface area contributed by atoms with E-state index < -0.39 is 60.9 Å². The van der Waals surface area contributed by atoms with E-state index in [9.17, 15) is 19.2 Å². The Bertz CT molecular complexity index is 475. The van der Waals surface area contributed by atoms with Crippen LogP contribution in [0.3, 0.4) is 0 Å². The van der Waals surface area contributed by atoms with Crippen molar-refractivity contribution in [2.75, 3.05) is 0 Å². The zero-order chi connectivity index (χ0) is 19.4. The number of hydrogen-bond donors (Lipinski definition) is 0. The van der Waals surface area contributed by atoms with Gasteiger partial charge in [-0.15, -0.1) is 0 Å². The second kappa shape index (κ2) is 8.45. The van der Waals surface area contributed by atoms with Gasteiger partial charge >= 0.3 is 23.9 Å². The van der Waals surface area contributed by atoms with E-state index in [-0.39, 0.29) is 12.8 Å². The molecule has 0 bridgehead atoms. The molecule has 0 N–H and O–H groups in total. The van der Waals surface area contributed by atoms with Crippen LogP contribution >= 0.6 is 0 Å². The minimum absolute atomic E-state index is 0.159. The van der Waals surface area contributed by atoms with E-state index in [2.05, 4.69) is 0 Å². The maximum absolute atomic E-state index is 11.3. The van der Waals surface area contributed by atoms with Gasteiger partial charge in [-0.25, -0.2) is 0 Å². The van der Waals surface area contributed by atoms with Crippen molar-refractivity contribution in [3.05, 3.63) is 0 Å². The van der Waals surface area contributed by atoms with Crippen LogP contribution in [-0.4, -0.2) is 60.9 Å². The maximum Gasteiger partial charge on any atom is 0.305 e.